The number of rotatable bonds is 8. The zero-order chi connectivity index (χ0) is 28.2. The third-order valence-electron chi connectivity index (χ3n) is 6.63. The maximum atomic E-state index is 13.6. The zero-order valence-electron chi connectivity index (χ0n) is 21.8. The summed E-state index contributed by atoms with van der Waals surface area (Å²) >= 11 is 0. The highest BCUT2D eigenvalue weighted by atomic mass is 19.2. The molecule has 40 heavy (non-hydrogen) atoms. The molecule has 3 N–H and O–H groups in total. The van der Waals surface area contributed by atoms with E-state index in [-0.39, 0.29) is 18.7 Å². The third kappa shape index (κ3) is 5.68. The molecular formula is C31H27F2N5O2. The Morgan fingerprint density at radius 3 is 2.50 bits per heavy atom. The summed E-state index contributed by atoms with van der Waals surface area (Å²) in [7, 11) is 1.97. The Bertz CT molecular complexity index is 1750. The number of nitrogens with one attached hydrogen (secondary N) is 1. The first-order valence-corrected chi connectivity index (χ1v) is 12.6. The van der Waals surface area contributed by atoms with E-state index in [1.54, 1.807) is 12.3 Å². The Balaban J connectivity index is 1.34. The van der Waals surface area contributed by atoms with Gasteiger partial charge in [-0.1, -0.05) is 42.5 Å². The quantitative estimate of drug-likeness (QED) is 0.294. The molecule has 0 unspecified atom stereocenters. The highest BCUT2D eigenvalue weighted by Crippen LogP contribution is 2.32. The van der Waals surface area contributed by atoms with E-state index in [0.29, 0.717) is 17.8 Å². The molecule has 7 nitrogen and oxygen atoms in total. The SMILES string of the molecule is CN(Cc1ccccc1)c1c(N)cnc2ccc(CNC(=O)c3cccn(Cc4ccc(F)c(F)c4)c3=O)cc12. The zero-order valence-corrected chi connectivity index (χ0v) is 21.8. The molecule has 202 valence electrons. The normalized spacial score (nSPS) is 11.0. The van der Waals surface area contributed by atoms with Crippen molar-refractivity contribution in [3.63, 3.8) is 0 Å². The van der Waals surface area contributed by atoms with Crippen LogP contribution in [0.25, 0.3) is 10.9 Å². The summed E-state index contributed by atoms with van der Waals surface area (Å²) < 4.78 is 28.1. The van der Waals surface area contributed by atoms with E-state index < -0.39 is 23.1 Å². The Hall–Kier alpha value is -5.05. The van der Waals surface area contributed by atoms with Crippen molar-refractivity contribution < 1.29 is 13.6 Å². The van der Waals surface area contributed by atoms with Crippen LogP contribution in [0.2, 0.25) is 0 Å². The lowest BCUT2D eigenvalue weighted by Crippen LogP contribution is -2.32. The fraction of sp³-hybridized carbons (Fsp3) is 0.129. The fourth-order valence-electron chi connectivity index (χ4n) is 4.66. The lowest BCUT2D eigenvalue weighted by Gasteiger charge is -2.23. The molecule has 3 aromatic carbocycles. The van der Waals surface area contributed by atoms with Gasteiger partial charge in [-0.2, -0.15) is 0 Å². The molecular weight excluding hydrogens is 512 g/mol. The van der Waals surface area contributed by atoms with Gasteiger partial charge in [0.15, 0.2) is 11.6 Å². The molecule has 0 aliphatic carbocycles. The number of halogens is 2. The smallest absolute Gasteiger partial charge is 0.263 e. The largest absolute Gasteiger partial charge is 0.396 e. The Kier molecular flexibility index (Phi) is 7.54. The standard InChI is InChI=1S/C31H27F2N5O2/c1-37(18-20-6-3-2-4-7-20)29-24-14-21(10-12-28(24)35-17-27(29)34)16-36-30(39)23-8-5-13-38(31(23)40)19-22-9-11-25(32)26(33)15-22/h2-15,17H,16,18-19,34H2,1H3,(H,36,39). The molecule has 0 aliphatic heterocycles. The maximum Gasteiger partial charge on any atom is 0.263 e. The molecule has 5 rings (SSSR count). The number of aromatic nitrogens is 2. The average molecular weight is 540 g/mol. The highest BCUT2D eigenvalue weighted by Gasteiger charge is 2.15. The van der Waals surface area contributed by atoms with E-state index in [1.807, 2.05) is 55.6 Å². The van der Waals surface area contributed by atoms with E-state index in [0.717, 1.165) is 39.8 Å². The van der Waals surface area contributed by atoms with Gasteiger partial charge in [-0.15, -0.1) is 0 Å². The summed E-state index contributed by atoms with van der Waals surface area (Å²) in [6, 6.07) is 22.1. The van der Waals surface area contributed by atoms with Crippen molar-refractivity contribution in [2.24, 2.45) is 0 Å². The van der Waals surface area contributed by atoms with Gasteiger partial charge >= 0.3 is 0 Å². The van der Waals surface area contributed by atoms with Gasteiger partial charge in [0.25, 0.3) is 11.5 Å². The number of benzene rings is 3. The van der Waals surface area contributed by atoms with E-state index in [2.05, 4.69) is 15.2 Å². The van der Waals surface area contributed by atoms with Crippen molar-refractivity contribution in [3.05, 3.63) is 135 Å². The second-order valence-corrected chi connectivity index (χ2v) is 9.54. The van der Waals surface area contributed by atoms with Crippen LogP contribution in [-0.2, 0) is 19.6 Å². The predicted molar refractivity (Wildman–Crippen MR) is 152 cm³/mol. The van der Waals surface area contributed by atoms with Crippen LogP contribution in [0.3, 0.4) is 0 Å². The van der Waals surface area contributed by atoms with Crippen molar-refractivity contribution in [1.82, 2.24) is 14.9 Å². The molecule has 1 amide bonds. The summed E-state index contributed by atoms with van der Waals surface area (Å²) in [4.78, 5) is 32.4. The van der Waals surface area contributed by atoms with Gasteiger partial charge in [0.05, 0.1) is 29.6 Å². The van der Waals surface area contributed by atoms with E-state index >= 15 is 0 Å². The van der Waals surface area contributed by atoms with Crippen molar-refractivity contribution in [1.29, 1.82) is 0 Å². The first-order valence-electron chi connectivity index (χ1n) is 12.6. The first-order chi connectivity index (χ1) is 19.3. The van der Waals surface area contributed by atoms with Gasteiger partial charge in [-0.3, -0.25) is 14.6 Å². The fourth-order valence-corrected chi connectivity index (χ4v) is 4.66. The Morgan fingerprint density at radius 1 is 0.950 bits per heavy atom. The molecule has 2 heterocycles. The topological polar surface area (TPSA) is 93.2 Å². The lowest BCUT2D eigenvalue weighted by molar-refractivity contribution is 0.0949. The molecule has 0 saturated heterocycles. The van der Waals surface area contributed by atoms with Crippen LogP contribution in [-0.4, -0.2) is 22.5 Å². The highest BCUT2D eigenvalue weighted by molar-refractivity contribution is 5.98. The average Bonchev–Trinajstić information content (AvgIpc) is 2.95. The number of hydrogen-bond acceptors (Lipinski definition) is 5. The molecule has 9 heteroatoms. The van der Waals surface area contributed by atoms with Crippen LogP contribution in [0.1, 0.15) is 27.0 Å². The second kappa shape index (κ2) is 11.4. The molecule has 0 saturated carbocycles. The summed E-state index contributed by atoms with van der Waals surface area (Å²) in [5, 5.41) is 3.65. The van der Waals surface area contributed by atoms with Gasteiger partial charge < -0.3 is 20.5 Å². The summed E-state index contributed by atoms with van der Waals surface area (Å²) in [5.74, 6) is -2.51. The number of pyridine rings is 2. The van der Waals surface area contributed by atoms with Gasteiger partial charge in [0.2, 0.25) is 0 Å². The van der Waals surface area contributed by atoms with E-state index in [4.69, 9.17) is 5.73 Å². The molecule has 0 radical (unpaired) electrons. The van der Waals surface area contributed by atoms with E-state index in [9.17, 15) is 18.4 Å². The molecule has 0 fully saturated rings. The Labute approximate surface area is 229 Å². The molecule has 0 aliphatic rings. The van der Waals surface area contributed by atoms with Crippen molar-refractivity contribution >= 4 is 28.2 Å². The number of hydrogen-bond donors (Lipinski definition) is 2. The predicted octanol–water partition coefficient (Wildman–Crippen LogP) is 4.87. The molecule has 0 bridgehead atoms. The van der Waals surface area contributed by atoms with Crippen LogP contribution in [0.5, 0.6) is 0 Å². The number of carbonyl (C=O) groups excluding carboxylic acids is 1. The number of nitrogens with two attached hydrogens (primary N) is 1. The van der Waals surface area contributed by atoms with Crippen molar-refractivity contribution in [2.45, 2.75) is 19.6 Å². The summed E-state index contributed by atoms with van der Waals surface area (Å²) in [6.45, 7) is 0.814. The first kappa shape index (κ1) is 26.6. The minimum absolute atomic E-state index is 0.00444. The minimum atomic E-state index is -0.999. The van der Waals surface area contributed by atoms with Crippen molar-refractivity contribution in [2.75, 3.05) is 17.7 Å². The number of anilines is 2. The van der Waals surface area contributed by atoms with Gasteiger partial charge in [0.1, 0.15) is 5.56 Å². The molecule has 0 atom stereocenters. The number of nitrogens with zero attached hydrogens (tertiary/aromatic N) is 3. The lowest BCUT2D eigenvalue weighted by atomic mass is 10.1. The molecule has 5 aromatic rings. The van der Waals surface area contributed by atoms with Crippen LogP contribution in [0.15, 0.2) is 96.1 Å². The van der Waals surface area contributed by atoms with Gasteiger partial charge in [-0.05, 0) is 53.1 Å². The van der Waals surface area contributed by atoms with Crippen LogP contribution in [0, 0.1) is 11.6 Å². The van der Waals surface area contributed by atoms with Gasteiger partial charge in [0, 0.05) is 31.7 Å². The van der Waals surface area contributed by atoms with Crippen LogP contribution in [0.4, 0.5) is 20.2 Å². The maximum absolute atomic E-state index is 13.6. The number of amides is 1. The minimum Gasteiger partial charge on any atom is -0.396 e. The second-order valence-electron chi connectivity index (χ2n) is 9.54. The Morgan fingerprint density at radius 2 is 1.73 bits per heavy atom. The van der Waals surface area contributed by atoms with Crippen LogP contribution < -0.4 is 21.5 Å². The van der Waals surface area contributed by atoms with E-state index in [1.165, 1.54) is 22.9 Å². The van der Waals surface area contributed by atoms with Crippen LogP contribution >= 0.6 is 0 Å². The van der Waals surface area contributed by atoms with Crippen molar-refractivity contribution in [3.8, 4) is 0 Å². The third-order valence-corrected chi connectivity index (χ3v) is 6.63. The summed E-state index contributed by atoms with van der Waals surface area (Å²) in [5.41, 5.74) is 10.2. The molecule has 0 spiro atoms. The number of fused-ring (bicyclic) bond motifs is 1. The number of nitrogen functional groups attached to an aromatic ring is 1. The summed E-state index contributed by atoms with van der Waals surface area (Å²) in [6.07, 6.45) is 3.13. The molecule has 2 aromatic heterocycles. The monoisotopic (exact) mass is 539 g/mol. The number of carbonyl (C=O) groups is 1. The van der Waals surface area contributed by atoms with Gasteiger partial charge in [-0.25, -0.2) is 8.78 Å².